The van der Waals surface area contributed by atoms with Gasteiger partial charge in [0.15, 0.2) is 0 Å². The third-order valence-corrected chi connectivity index (χ3v) is 5.96. The van der Waals surface area contributed by atoms with Crippen molar-refractivity contribution in [3.63, 3.8) is 0 Å². The Bertz CT molecular complexity index is 616. The lowest BCUT2D eigenvalue weighted by Crippen LogP contribution is -2.50. The molecule has 4 nitrogen and oxygen atoms in total. The van der Waals surface area contributed by atoms with Crippen LogP contribution in [0.15, 0.2) is 42.0 Å². The fourth-order valence-corrected chi connectivity index (χ4v) is 4.26. The van der Waals surface area contributed by atoms with Crippen LogP contribution in [0, 0.1) is 5.92 Å². The van der Waals surface area contributed by atoms with Crippen LogP contribution in [-0.2, 0) is 11.3 Å². The Hall–Kier alpha value is -1.65. The molecular formula is C23H35N3O. The lowest BCUT2D eigenvalue weighted by atomic mass is 9.93. The number of benzene rings is 1. The van der Waals surface area contributed by atoms with E-state index in [1.165, 1.54) is 37.1 Å². The molecule has 1 unspecified atom stereocenters. The van der Waals surface area contributed by atoms with Crippen LogP contribution in [0.4, 0.5) is 0 Å². The van der Waals surface area contributed by atoms with E-state index in [9.17, 15) is 4.79 Å². The van der Waals surface area contributed by atoms with Crippen LogP contribution in [0.3, 0.4) is 0 Å². The molecule has 2 aliphatic rings. The van der Waals surface area contributed by atoms with Crippen LogP contribution in [0.25, 0.3) is 0 Å². The number of likely N-dealkylation sites (tertiary alicyclic amines) is 2. The van der Waals surface area contributed by atoms with Gasteiger partial charge in [0.1, 0.15) is 0 Å². The van der Waals surface area contributed by atoms with Crippen molar-refractivity contribution in [1.82, 2.24) is 15.1 Å². The SMILES string of the molecule is CC(C)=CCN1CCC(N2CCCC(C(=O)NCc3ccccc3)C2)CC1. The van der Waals surface area contributed by atoms with Gasteiger partial charge in [-0.3, -0.25) is 14.6 Å². The highest BCUT2D eigenvalue weighted by atomic mass is 16.1. The average molecular weight is 370 g/mol. The summed E-state index contributed by atoms with van der Waals surface area (Å²) in [6, 6.07) is 10.8. The van der Waals surface area contributed by atoms with Crippen molar-refractivity contribution >= 4 is 5.91 Å². The normalized spacial score (nSPS) is 22.4. The highest BCUT2D eigenvalue weighted by molar-refractivity contribution is 5.78. The molecule has 2 heterocycles. The van der Waals surface area contributed by atoms with Crippen LogP contribution >= 0.6 is 0 Å². The molecule has 0 spiro atoms. The van der Waals surface area contributed by atoms with Gasteiger partial charge in [-0.2, -0.15) is 0 Å². The Morgan fingerprint density at radius 2 is 1.85 bits per heavy atom. The van der Waals surface area contributed by atoms with E-state index in [0.717, 1.165) is 32.5 Å². The summed E-state index contributed by atoms with van der Waals surface area (Å²) in [5.41, 5.74) is 2.57. The van der Waals surface area contributed by atoms with Crippen LogP contribution < -0.4 is 5.32 Å². The second-order valence-electron chi connectivity index (χ2n) is 8.35. The number of hydrogen-bond donors (Lipinski definition) is 1. The minimum Gasteiger partial charge on any atom is -0.352 e. The van der Waals surface area contributed by atoms with Crippen molar-refractivity contribution in [3.8, 4) is 0 Å². The quantitative estimate of drug-likeness (QED) is 0.780. The molecule has 1 aromatic rings. The first-order valence-electron chi connectivity index (χ1n) is 10.5. The van der Waals surface area contributed by atoms with Gasteiger partial charge in [-0.15, -0.1) is 0 Å². The molecule has 0 aliphatic carbocycles. The molecule has 1 N–H and O–H groups in total. The molecule has 148 valence electrons. The highest BCUT2D eigenvalue weighted by Gasteiger charge is 2.31. The molecule has 0 bridgehead atoms. The fraction of sp³-hybridized carbons (Fsp3) is 0.609. The van der Waals surface area contributed by atoms with Crippen molar-refractivity contribution in [1.29, 1.82) is 0 Å². The molecule has 0 radical (unpaired) electrons. The molecule has 1 atom stereocenters. The van der Waals surface area contributed by atoms with Crippen LogP contribution in [-0.4, -0.2) is 54.5 Å². The van der Waals surface area contributed by atoms with Gasteiger partial charge in [0, 0.05) is 25.7 Å². The topological polar surface area (TPSA) is 35.6 Å². The van der Waals surface area contributed by atoms with Gasteiger partial charge >= 0.3 is 0 Å². The molecule has 4 heteroatoms. The second kappa shape index (κ2) is 10.0. The number of nitrogens with zero attached hydrogens (tertiary/aromatic N) is 2. The Morgan fingerprint density at radius 1 is 1.11 bits per heavy atom. The van der Waals surface area contributed by atoms with Gasteiger partial charge in [-0.25, -0.2) is 0 Å². The number of amides is 1. The second-order valence-corrected chi connectivity index (χ2v) is 8.35. The van der Waals surface area contributed by atoms with Gasteiger partial charge in [-0.1, -0.05) is 42.0 Å². The lowest BCUT2D eigenvalue weighted by molar-refractivity contribution is -0.127. The summed E-state index contributed by atoms with van der Waals surface area (Å²) in [5, 5.41) is 3.15. The van der Waals surface area contributed by atoms with Crippen LogP contribution in [0.1, 0.15) is 45.1 Å². The maximum Gasteiger partial charge on any atom is 0.224 e. The van der Waals surface area contributed by atoms with E-state index < -0.39 is 0 Å². The van der Waals surface area contributed by atoms with Crippen molar-refractivity contribution in [3.05, 3.63) is 47.5 Å². The molecule has 27 heavy (non-hydrogen) atoms. The monoisotopic (exact) mass is 369 g/mol. The Kier molecular flexibility index (Phi) is 7.48. The maximum absolute atomic E-state index is 12.6. The minimum atomic E-state index is 0.145. The first-order chi connectivity index (χ1) is 13.1. The summed E-state index contributed by atoms with van der Waals surface area (Å²) in [7, 11) is 0. The van der Waals surface area contributed by atoms with Gasteiger partial charge in [-0.05, 0) is 64.7 Å². The highest BCUT2D eigenvalue weighted by Crippen LogP contribution is 2.24. The summed E-state index contributed by atoms with van der Waals surface area (Å²) in [4.78, 5) is 17.8. The van der Waals surface area contributed by atoms with Gasteiger partial charge in [0.25, 0.3) is 0 Å². The summed E-state index contributed by atoms with van der Waals surface area (Å²) in [5.74, 6) is 0.371. The van der Waals surface area contributed by atoms with E-state index in [-0.39, 0.29) is 11.8 Å². The van der Waals surface area contributed by atoms with E-state index in [4.69, 9.17) is 0 Å². The van der Waals surface area contributed by atoms with E-state index in [1.807, 2.05) is 18.2 Å². The first kappa shape index (κ1) is 20.1. The van der Waals surface area contributed by atoms with E-state index in [2.05, 4.69) is 47.2 Å². The molecular weight excluding hydrogens is 334 g/mol. The van der Waals surface area contributed by atoms with Crippen molar-refractivity contribution in [2.24, 2.45) is 5.92 Å². The first-order valence-corrected chi connectivity index (χ1v) is 10.5. The van der Waals surface area contributed by atoms with Crippen LogP contribution in [0.2, 0.25) is 0 Å². The predicted octanol–water partition coefficient (Wildman–Crippen LogP) is 3.45. The van der Waals surface area contributed by atoms with Crippen LogP contribution in [0.5, 0.6) is 0 Å². The number of rotatable bonds is 6. The molecule has 1 aromatic carbocycles. The largest absolute Gasteiger partial charge is 0.352 e. The number of allylic oxidation sites excluding steroid dienone is 1. The molecule has 0 saturated carbocycles. The Labute approximate surface area is 164 Å². The third-order valence-electron chi connectivity index (χ3n) is 5.96. The number of carbonyl (C=O) groups excluding carboxylic acids is 1. The van der Waals surface area contributed by atoms with Crippen molar-refractivity contribution in [2.75, 3.05) is 32.7 Å². The number of carbonyl (C=O) groups is 1. The summed E-state index contributed by atoms with van der Waals surface area (Å²) >= 11 is 0. The Morgan fingerprint density at radius 3 is 2.56 bits per heavy atom. The Balaban J connectivity index is 1.44. The summed E-state index contributed by atoms with van der Waals surface area (Å²) in [6.07, 6.45) is 6.95. The van der Waals surface area contributed by atoms with Crippen molar-refractivity contribution < 1.29 is 4.79 Å². The average Bonchev–Trinajstić information content (AvgIpc) is 2.71. The lowest BCUT2D eigenvalue weighted by Gasteiger charge is -2.42. The zero-order valence-electron chi connectivity index (χ0n) is 17.0. The number of piperidine rings is 2. The van der Waals surface area contributed by atoms with E-state index in [1.54, 1.807) is 0 Å². The van der Waals surface area contributed by atoms with Crippen molar-refractivity contribution in [2.45, 2.75) is 52.1 Å². The van der Waals surface area contributed by atoms with Gasteiger partial charge < -0.3 is 5.32 Å². The smallest absolute Gasteiger partial charge is 0.224 e. The summed E-state index contributed by atoms with van der Waals surface area (Å²) in [6.45, 7) is 10.5. The maximum atomic E-state index is 12.6. The predicted molar refractivity (Wildman–Crippen MR) is 111 cm³/mol. The molecule has 3 rings (SSSR count). The fourth-order valence-electron chi connectivity index (χ4n) is 4.26. The molecule has 0 aromatic heterocycles. The molecule has 2 fully saturated rings. The number of hydrogen-bond acceptors (Lipinski definition) is 3. The third kappa shape index (κ3) is 6.18. The zero-order valence-corrected chi connectivity index (χ0v) is 17.0. The molecule has 1 amide bonds. The van der Waals surface area contributed by atoms with E-state index in [0.29, 0.717) is 12.6 Å². The van der Waals surface area contributed by atoms with E-state index >= 15 is 0 Å². The number of nitrogens with one attached hydrogen (secondary N) is 1. The molecule has 2 saturated heterocycles. The summed E-state index contributed by atoms with van der Waals surface area (Å²) < 4.78 is 0. The standard InChI is InChI=1S/C23H35N3O/c1-19(2)10-14-25-15-11-22(12-16-25)26-13-6-9-21(18-26)23(27)24-17-20-7-4-3-5-8-20/h3-5,7-8,10,21-22H,6,9,11-18H2,1-2H3,(H,24,27). The minimum absolute atomic E-state index is 0.145. The van der Waals surface area contributed by atoms with Gasteiger partial charge in [0.2, 0.25) is 5.91 Å². The van der Waals surface area contributed by atoms with Gasteiger partial charge in [0.05, 0.1) is 5.92 Å². The zero-order chi connectivity index (χ0) is 19.1. The molecule has 2 aliphatic heterocycles.